The van der Waals surface area contributed by atoms with E-state index in [1.807, 2.05) is 0 Å². The predicted octanol–water partition coefficient (Wildman–Crippen LogP) is 3.20. The molecular weight excluding hydrogens is 316 g/mol. The molecule has 3 rings (SSSR count). The van der Waals surface area contributed by atoms with Crippen molar-refractivity contribution in [2.24, 2.45) is 0 Å². The Bertz CT molecular complexity index is 887. The molecule has 0 atom stereocenters. The lowest BCUT2D eigenvalue weighted by atomic mass is 10.2. The Kier molecular flexibility index (Phi) is 3.99. The van der Waals surface area contributed by atoms with Gasteiger partial charge in [0.05, 0.1) is 5.02 Å². The Balaban J connectivity index is 1.76. The van der Waals surface area contributed by atoms with Crippen molar-refractivity contribution in [1.29, 1.82) is 0 Å². The van der Waals surface area contributed by atoms with Gasteiger partial charge in [0, 0.05) is 30.7 Å². The van der Waals surface area contributed by atoms with Gasteiger partial charge < -0.3 is 15.0 Å². The van der Waals surface area contributed by atoms with Gasteiger partial charge in [-0.05, 0) is 36.4 Å². The third-order valence-corrected chi connectivity index (χ3v) is 3.33. The maximum Gasteiger partial charge on any atom is 0.275 e. The first-order valence-electron chi connectivity index (χ1n) is 6.84. The Labute approximate surface area is 137 Å². The smallest absolute Gasteiger partial charge is 0.275 e. The van der Waals surface area contributed by atoms with Crippen molar-refractivity contribution < 1.29 is 9.59 Å². The third kappa shape index (κ3) is 3.49. The van der Waals surface area contributed by atoms with Crippen LogP contribution in [0.15, 0.2) is 48.8 Å². The van der Waals surface area contributed by atoms with Crippen LogP contribution in [0.1, 0.15) is 17.4 Å². The summed E-state index contributed by atoms with van der Waals surface area (Å²) in [5.41, 5.74) is 2.20. The lowest BCUT2D eigenvalue weighted by molar-refractivity contribution is -0.114. The number of carbonyl (C=O) groups excluding carboxylic acids is 2. The number of anilines is 2. The van der Waals surface area contributed by atoms with Gasteiger partial charge in [-0.1, -0.05) is 11.6 Å². The number of pyridine rings is 1. The van der Waals surface area contributed by atoms with Crippen LogP contribution in [-0.4, -0.2) is 21.2 Å². The summed E-state index contributed by atoms with van der Waals surface area (Å²) in [6, 6.07) is 10.3. The van der Waals surface area contributed by atoms with E-state index in [0.717, 1.165) is 0 Å². The van der Waals surface area contributed by atoms with E-state index >= 15 is 0 Å². The summed E-state index contributed by atoms with van der Waals surface area (Å²) in [5, 5.41) is 5.98. The van der Waals surface area contributed by atoms with Gasteiger partial charge in [0.15, 0.2) is 0 Å². The third-order valence-electron chi connectivity index (χ3n) is 3.11. The molecule has 2 N–H and O–H groups in total. The van der Waals surface area contributed by atoms with Crippen molar-refractivity contribution >= 4 is 40.4 Å². The van der Waals surface area contributed by atoms with E-state index in [9.17, 15) is 9.59 Å². The van der Waals surface area contributed by atoms with Gasteiger partial charge in [-0.2, -0.15) is 0 Å². The molecule has 0 bridgehead atoms. The van der Waals surface area contributed by atoms with Crippen LogP contribution in [-0.2, 0) is 4.79 Å². The summed E-state index contributed by atoms with van der Waals surface area (Å²) in [5.74, 6) is -0.470. The summed E-state index contributed by atoms with van der Waals surface area (Å²) in [4.78, 5) is 27.5. The van der Waals surface area contributed by atoms with Crippen LogP contribution in [0, 0.1) is 0 Å². The number of rotatable bonds is 3. The summed E-state index contributed by atoms with van der Waals surface area (Å²) >= 11 is 5.91. The minimum Gasteiger partial charge on any atom is -0.326 e. The molecule has 2 amide bonds. The molecule has 116 valence electrons. The highest BCUT2D eigenvalue weighted by Crippen LogP contribution is 2.16. The van der Waals surface area contributed by atoms with Gasteiger partial charge in [-0.15, -0.1) is 0 Å². The number of aromatic nitrogens is 2. The van der Waals surface area contributed by atoms with Crippen LogP contribution in [0.2, 0.25) is 5.02 Å². The zero-order valence-corrected chi connectivity index (χ0v) is 13.0. The molecule has 3 aromatic rings. The molecular formula is C16H13ClN4O2. The molecule has 23 heavy (non-hydrogen) atoms. The first-order chi connectivity index (χ1) is 11.0. The molecule has 0 aliphatic rings. The molecule has 1 aromatic carbocycles. The van der Waals surface area contributed by atoms with Gasteiger partial charge >= 0.3 is 0 Å². The van der Waals surface area contributed by atoms with Gasteiger partial charge in [0.25, 0.3) is 5.91 Å². The fourth-order valence-corrected chi connectivity index (χ4v) is 2.28. The van der Waals surface area contributed by atoms with Crippen LogP contribution in [0.3, 0.4) is 0 Å². The number of amides is 2. The summed E-state index contributed by atoms with van der Waals surface area (Å²) in [6.45, 7) is 1.44. The van der Waals surface area contributed by atoms with Crippen LogP contribution in [0.25, 0.3) is 5.65 Å². The quantitative estimate of drug-likeness (QED) is 0.775. The average molecular weight is 329 g/mol. The molecule has 2 heterocycles. The summed E-state index contributed by atoms with van der Waals surface area (Å²) in [7, 11) is 0. The Morgan fingerprint density at radius 1 is 1.00 bits per heavy atom. The Hall–Kier alpha value is -2.86. The molecule has 0 aliphatic carbocycles. The molecule has 0 saturated carbocycles. The average Bonchev–Trinajstić information content (AvgIpc) is 2.92. The maximum absolute atomic E-state index is 12.2. The van der Waals surface area contributed by atoms with Crippen molar-refractivity contribution in [3.8, 4) is 0 Å². The van der Waals surface area contributed by atoms with E-state index in [1.54, 1.807) is 53.2 Å². The number of hydrogen-bond donors (Lipinski definition) is 2. The fourth-order valence-electron chi connectivity index (χ4n) is 2.11. The topological polar surface area (TPSA) is 75.5 Å². The zero-order chi connectivity index (χ0) is 16.4. The number of hydrogen-bond acceptors (Lipinski definition) is 3. The van der Waals surface area contributed by atoms with Gasteiger partial charge in [-0.3, -0.25) is 9.59 Å². The van der Waals surface area contributed by atoms with Crippen LogP contribution in [0.4, 0.5) is 11.4 Å². The molecule has 0 spiro atoms. The fraction of sp³-hybridized carbons (Fsp3) is 0.0625. The van der Waals surface area contributed by atoms with Crippen molar-refractivity contribution in [3.05, 3.63) is 59.5 Å². The van der Waals surface area contributed by atoms with Crippen molar-refractivity contribution in [2.45, 2.75) is 6.92 Å². The highest BCUT2D eigenvalue weighted by Gasteiger charge is 2.11. The van der Waals surface area contributed by atoms with E-state index < -0.39 is 0 Å². The Morgan fingerprint density at radius 3 is 2.30 bits per heavy atom. The lowest BCUT2D eigenvalue weighted by Gasteiger charge is -2.05. The second-order valence-electron chi connectivity index (χ2n) is 4.95. The standard InChI is InChI=1S/C16H13ClN4O2/c1-10(22)18-12-3-5-13(6-4-12)19-16(23)14-9-21-8-11(17)2-7-15(21)20-14/h2-9H,1H3,(H,18,22)(H,19,23). The number of nitrogens with one attached hydrogen (secondary N) is 2. The minimum absolute atomic E-state index is 0.148. The highest BCUT2D eigenvalue weighted by atomic mass is 35.5. The number of carbonyl (C=O) groups is 2. The van der Waals surface area contributed by atoms with Gasteiger partial charge in [0.2, 0.25) is 5.91 Å². The SMILES string of the molecule is CC(=O)Nc1ccc(NC(=O)c2cn3cc(Cl)ccc3n2)cc1. The molecule has 2 aromatic heterocycles. The lowest BCUT2D eigenvalue weighted by Crippen LogP contribution is -2.12. The zero-order valence-electron chi connectivity index (χ0n) is 12.2. The van der Waals surface area contributed by atoms with Gasteiger partial charge in [0.1, 0.15) is 11.3 Å². The predicted molar refractivity (Wildman–Crippen MR) is 88.9 cm³/mol. The highest BCUT2D eigenvalue weighted by molar-refractivity contribution is 6.30. The summed E-state index contributed by atoms with van der Waals surface area (Å²) < 4.78 is 1.69. The second kappa shape index (κ2) is 6.10. The largest absolute Gasteiger partial charge is 0.326 e. The summed E-state index contributed by atoms with van der Waals surface area (Å²) in [6.07, 6.45) is 3.30. The number of imidazole rings is 1. The van der Waals surface area contributed by atoms with E-state index in [1.165, 1.54) is 6.92 Å². The van der Waals surface area contributed by atoms with E-state index in [0.29, 0.717) is 27.7 Å². The van der Waals surface area contributed by atoms with Crippen molar-refractivity contribution in [3.63, 3.8) is 0 Å². The Morgan fingerprint density at radius 2 is 1.65 bits per heavy atom. The van der Waals surface area contributed by atoms with Crippen molar-refractivity contribution in [1.82, 2.24) is 9.38 Å². The van der Waals surface area contributed by atoms with E-state index in [-0.39, 0.29) is 11.8 Å². The van der Waals surface area contributed by atoms with Gasteiger partial charge in [-0.25, -0.2) is 4.98 Å². The number of benzene rings is 1. The first kappa shape index (κ1) is 15.1. The second-order valence-corrected chi connectivity index (χ2v) is 5.39. The monoisotopic (exact) mass is 328 g/mol. The molecule has 0 fully saturated rings. The molecule has 0 saturated heterocycles. The minimum atomic E-state index is -0.322. The normalized spacial score (nSPS) is 10.5. The molecule has 0 radical (unpaired) electrons. The number of nitrogens with zero attached hydrogens (tertiary/aromatic N) is 2. The van der Waals surface area contributed by atoms with Crippen molar-refractivity contribution in [2.75, 3.05) is 10.6 Å². The molecule has 6 nitrogen and oxygen atoms in total. The molecule has 7 heteroatoms. The molecule has 0 aliphatic heterocycles. The number of halogens is 1. The van der Waals surface area contributed by atoms with E-state index in [4.69, 9.17) is 11.6 Å². The van der Waals surface area contributed by atoms with E-state index in [2.05, 4.69) is 15.6 Å². The number of fused-ring (bicyclic) bond motifs is 1. The van der Waals surface area contributed by atoms with Crippen LogP contribution >= 0.6 is 11.6 Å². The maximum atomic E-state index is 12.2. The first-order valence-corrected chi connectivity index (χ1v) is 7.22. The van der Waals surface area contributed by atoms with Crippen LogP contribution in [0.5, 0.6) is 0 Å². The molecule has 0 unspecified atom stereocenters. The van der Waals surface area contributed by atoms with Crippen LogP contribution < -0.4 is 10.6 Å².